The third-order valence-corrected chi connectivity index (χ3v) is 4.76. The maximum absolute atomic E-state index is 11.7. The first-order valence-corrected chi connectivity index (χ1v) is 7.61. The third kappa shape index (κ3) is 3.25. The molecule has 8 heteroatoms. The summed E-state index contributed by atoms with van der Waals surface area (Å²) < 4.78 is 5.43. The van der Waals surface area contributed by atoms with Crippen LogP contribution in [0.1, 0.15) is 28.8 Å². The van der Waals surface area contributed by atoms with Crippen LogP contribution in [0.15, 0.2) is 9.17 Å². The monoisotopic (exact) mass is 360 g/mol. The number of imide groups is 1. The van der Waals surface area contributed by atoms with E-state index in [0.717, 1.165) is 5.56 Å². The van der Waals surface area contributed by atoms with Crippen molar-refractivity contribution in [2.75, 3.05) is 7.11 Å². The molecule has 0 aromatic carbocycles. The molecule has 0 radical (unpaired) electrons. The second-order valence-corrected chi connectivity index (χ2v) is 6.48. The highest BCUT2D eigenvalue weighted by molar-refractivity contribution is 9.11. The van der Waals surface area contributed by atoms with Crippen molar-refractivity contribution in [3.8, 4) is 0 Å². The first-order chi connectivity index (χ1) is 9.52. The molecule has 0 saturated carbocycles. The Bertz CT molecular complexity index is 558. The van der Waals surface area contributed by atoms with Gasteiger partial charge < -0.3 is 10.1 Å². The van der Waals surface area contributed by atoms with Crippen molar-refractivity contribution in [1.29, 1.82) is 0 Å². The quantitative estimate of drug-likeness (QED) is 0.622. The van der Waals surface area contributed by atoms with Crippen LogP contribution in [0.4, 0.5) is 0 Å². The second kappa shape index (κ2) is 6.47. The van der Waals surface area contributed by atoms with Gasteiger partial charge in [0.1, 0.15) is 0 Å². The molecule has 1 aliphatic heterocycles. The predicted octanol–water partition coefficient (Wildman–Crippen LogP) is 1.19. The highest BCUT2D eigenvalue weighted by atomic mass is 79.9. The van der Waals surface area contributed by atoms with E-state index in [2.05, 4.69) is 26.6 Å². The van der Waals surface area contributed by atoms with Gasteiger partial charge in [0.05, 0.1) is 22.5 Å². The molecular weight excluding hydrogens is 348 g/mol. The van der Waals surface area contributed by atoms with Crippen LogP contribution in [0.25, 0.3) is 0 Å². The molecule has 0 spiro atoms. The Kier molecular flexibility index (Phi) is 4.90. The fourth-order valence-corrected chi connectivity index (χ4v) is 3.41. The molecule has 1 aromatic rings. The highest BCUT2D eigenvalue weighted by Crippen LogP contribution is 2.29. The van der Waals surface area contributed by atoms with Gasteiger partial charge in [0, 0.05) is 13.0 Å². The molecule has 108 valence electrons. The lowest BCUT2D eigenvalue weighted by atomic mass is 10.1. The maximum Gasteiger partial charge on any atom is 0.340 e. The molecule has 1 aliphatic rings. The van der Waals surface area contributed by atoms with Gasteiger partial charge in [-0.25, -0.2) is 4.79 Å². The van der Waals surface area contributed by atoms with Crippen molar-refractivity contribution in [2.24, 2.45) is 0 Å². The molecular formula is C12H13BrN2O4S. The molecule has 1 saturated heterocycles. The molecule has 1 atom stereocenters. The number of rotatable bonds is 4. The van der Waals surface area contributed by atoms with Gasteiger partial charge in [-0.1, -0.05) is 0 Å². The summed E-state index contributed by atoms with van der Waals surface area (Å²) in [4.78, 5) is 34.3. The normalized spacial score (nSPS) is 18.8. The Labute approximate surface area is 128 Å². The van der Waals surface area contributed by atoms with Crippen molar-refractivity contribution in [1.82, 2.24) is 10.6 Å². The van der Waals surface area contributed by atoms with E-state index < -0.39 is 12.0 Å². The third-order valence-electron chi connectivity index (χ3n) is 2.99. The van der Waals surface area contributed by atoms with Gasteiger partial charge in [-0.2, -0.15) is 0 Å². The van der Waals surface area contributed by atoms with E-state index >= 15 is 0 Å². The summed E-state index contributed by atoms with van der Waals surface area (Å²) in [6.45, 7) is 0.360. The van der Waals surface area contributed by atoms with Gasteiger partial charge in [0.15, 0.2) is 0 Å². The van der Waals surface area contributed by atoms with Crippen LogP contribution in [0.2, 0.25) is 0 Å². The number of carbonyl (C=O) groups is 3. The minimum absolute atomic E-state index is 0.249. The summed E-state index contributed by atoms with van der Waals surface area (Å²) in [5.41, 5.74) is 1.23. The van der Waals surface area contributed by atoms with E-state index in [9.17, 15) is 14.4 Å². The minimum Gasteiger partial charge on any atom is -0.465 e. The van der Waals surface area contributed by atoms with E-state index in [1.807, 2.05) is 5.38 Å². The zero-order valence-electron chi connectivity index (χ0n) is 10.7. The Balaban J connectivity index is 2.03. The molecule has 1 unspecified atom stereocenters. The number of ether oxygens (including phenoxy) is 1. The Morgan fingerprint density at radius 1 is 1.60 bits per heavy atom. The van der Waals surface area contributed by atoms with Gasteiger partial charge in [-0.05, 0) is 33.3 Å². The lowest BCUT2D eigenvalue weighted by Crippen LogP contribution is -2.50. The second-order valence-electron chi connectivity index (χ2n) is 4.29. The van der Waals surface area contributed by atoms with Crippen molar-refractivity contribution in [2.45, 2.75) is 25.4 Å². The van der Waals surface area contributed by atoms with Crippen LogP contribution in [0.5, 0.6) is 0 Å². The molecule has 0 bridgehead atoms. The molecule has 20 heavy (non-hydrogen) atoms. The molecule has 2 heterocycles. The lowest BCUT2D eigenvalue weighted by molar-refractivity contribution is -0.134. The standard InChI is InChI=1S/C12H13BrN2O4S/c1-19-12(18)9-6(5-20-10(9)13)4-14-7-2-3-8(16)15-11(7)17/h5,7,14H,2-4H2,1H3,(H,15,16,17). The van der Waals surface area contributed by atoms with E-state index in [1.54, 1.807) is 0 Å². The van der Waals surface area contributed by atoms with Crippen LogP contribution in [-0.2, 0) is 20.9 Å². The fraction of sp³-hybridized carbons (Fsp3) is 0.417. The maximum atomic E-state index is 11.7. The molecule has 2 rings (SSSR count). The SMILES string of the molecule is COC(=O)c1c(CNC2CCC(=O)NC2=O)csc1Br. The smallest absolute Gasteiger partial charge is 0.340 e. The number of amides is 2. The lowest BCUT2D eigenvalue weighted by Gasteiger charge is -2.21. The predicted molar refractivity (Wildman–Crippen MR) is 76.4 cm³/mol. The summed E-state index contributed by atoms with van der Waals surface area (Å²) >= 11 is 4.69. The summed E-state index contributed by atoms with van der Waals surface area (Å²) in [6.07, 6.45) is 0.782. The van der Waals surface area contributed by atoms with Gasteiger partial charge in [-0.3, -0.25) is 14.9 Å². The van der Waals surface area contributed by atoms with E-state index in [1.165, 1.54) is 18.4 Å². The van der Waals surface area contributed by atoms with E-state index in [0.29, 0.717) is 28.7 Å². The largest absolute Gasteiger partial charge is 0.465 e. The number of piperidine rings is 1. The average Bonchev–Trinajstić information content (AvgIpc) is 2.78. The number of hydrogen-bond acceptors (Lipinski definition) is 6. The molecule has 2 amide bonds. The van der Waals surface area contributed by atoms with Crippen LogP contribution in [-0.4, -0.2) is 30.9 Å². The van der Waals surface area contributed by atoms with Crippen LogP contribution in [0, 0.1) is 0 Å². The number of hydrogen-bond donors (Lipinski definition) is 2. The number of carbonyl (C=O) groups excluding carboxylic acids is 3. The number of methoxy groups -OCH3 is 1. The number of esters is 1. The summed E-state index contributed by atoms with van der Waals surface area (Å²) in [5.74, 6) is -0.991. The highest BCUT2D eigenvalue weighted by Gasteiger charge is 2.27. The van der Waals surface area contributed by atoms with E-state index in [-0.39, 0.29) is 11.8 Å². The van der Waals surface area contributed by atoms with Gasteiger partial charge >= 0.3 is 5.97 Å². The Hall–Kier alpha value is -1.25. The van der Waals surface area contributed by atoms with Crippen molar-refractivity contribution in [3.63, 3.8) is 0 Å². The van der Waals surface area contributed by atoms with Crippen LogP contribution < -0.4 is 10.6 Å². The van der Waals surface area contributed by atoms with Gasteiger partial charge in [0.25, 0.3) is 0 Å². The molecule has 2 N–H and O–H groups in total. The Morgan fingerprint density at radius 2 is 2.35 bits per heavy atom. The van der Waals surface area contributed by atoms with E-state index in [4.69, 9.17) is 4.74 Å². The first kappa shape index (κ1) is 15.1. The zero-order valence-corrected chi connectivity index (χ0v) is 13.1. The molecule has 0 aliphatic carbocycles. The fourth-order valence-electron chi connectivity index (χ4n) is 1.93. The Morgan fingerprint density at radius 3 is 3.00 bits per heavy atom. The number of halogens is 1. The summed E-state index contributed by atoms with van der Waals surface area (Å²) in [6, 6.07) is -0.420. The zero-order chi connectivity index (χ0) is 14.7. The minimum atomic E-state index is -0.420. The van der Waals surface area contributed by atoms with Crippen molar-refractivity contribution >= 4 is 45.1 Å². The van der Waals surface area contributed by atoms with Crippen LogP contribution in [0.3, 0.4) is 0 Å². The van der Waals surface area contributed by atoms with Gasteiger partial charge in [-0.15, -0.1) is 11.3 Å². The van der Waals surface area contributed by atoms with Crippen LogP contribution >= 0.6 is 27.3 Å². The number of thiophene rings is 1. The molecule has 1 aromatic heterocycles. The number of nitrogens with one attached hydrogen (secondary N) is 2. The first-order valence-electron chi connectivity index (χ1n) is 5.94. The topological polar surface area (TPSA) is 84.5 Å². The molecule has 6 nitrogen and oxygen atoms in total. The van der Waals surface area contributed by atoms with Gasteiger partial charge in [0.2, 0.25) is 11.8 Å². The van der Waals surface area contributed by atoms with Crippen molar-refractivity contribution < 1.29 is 19.1 Å². The average molecular weight is 361 g/mol. The summed E-state index contributed by atoms with van der Waals surface area (Å²) in [5, 5.41) is 7.16. The van der Waals surface area contributed by atoms with Crippen molar-refractivity contribution in [3.05, 3.63) is 20.3 Å². The molecule has 1 fully saturated rings. The summed E-state index contributed by atoms with van der Waals surface area (Å²) in [7, 11) is 1.32.